The summed E-state index contributed by atoms with van der Waals surface area (Å²) in [5.41, 5.74) is 1.35. The van der Waals surface area contributed by atoms with E-state index >= 15 is 0 Å². The van der Waals surface area contributed by atoms with E-state index in [1.807, 2.05) is 44.2 Å². The molecular weight excluding hydrogens is 613 g/mol. The molecule has 0 unspecified atom stereocenters. The van der Waals surface area contributed by atoms with Crippen LogP contribution in [0, 0.1) is 0 Å². The number of ether oxygens (including phenoxy) is 2. The maximum Gasteiger partial charge on any atom is 0.244 e. The molecule has 3 aromatic carbocycles. The van der Waals surface area contributed by atoms with Crippen LogP contribution >= 0.6 is 23.2 Å². The van der Waals surface area contributed by atoms with Crippen LogP contribution in [0.2, 0.25) is 10.0 Å². The quantitative estimate of drug-likeness (QED) is 0.253. The predicted molar refractivity (Wildman–Crippen MR) is 171 cm³/mol. The monoisotopic (exact) mass is 649 g/mol. The zero-order chi connectivity index (χ0) is 31.7. The van der Waals surface area contributed by atoms with Gasteiger partial charge in [0, 0.05) is 40.7 Å². The molecule has 0 saturated heterocycles. The lowest BCUT2D eigenvalue weighted by atomic mass is 10.0. The summed E-state index contributed by atoms with van der Waals surface area (Å²) in [5, 5.41) is 3.59. The Bertz CT molecular complexity index is 1500. The minimum Gasteiger partial charge on any atom is -0.497 e. The summed E-state index contributed by atoms with van der Waals surface area (Å²) in [7, 11) is -1.18. The van der Waals surface area contributed by atoms with Crippen molar-refractivity contribution in [3.63, 3.8) is 0 Å². The fraction of sp³-hybridized carbons (Fsp3) is 0.355. The van der Waals surface area contributed by atoms with Crippen molar-refractivity contribution in [1.29, 1.82) is 0 Å². The van der Waals surface area contributed by atoms with Crippen molar-refractivity contribution in [2.45, 2.75) is 45.3 Å². The first-order valence-electron chi connectivity index (χ1n) is 13.7. The second-order valence-electron chi connectivity index (χ2n) is 10.1. The Morgan fingerprint density at radius 2 is 1.60 bits per heavy atom. The van der Waals surface area contributed by atoms with Gasteiger partial charge in [-0.25, -0.2) is 8.42 Å². The number of anilines is 1. The second-order valence-corrected chi connectivity index (χ2v) is 12.8. The summed E-state index contributed by atoms with van der Waals surface area (Å²) < 4.78 is 37.9. The molecule has 0 aliphatic rings. The first-order valence-corrected chi connectivity index (χ1v) is 16.3. The highest BCUT2D eigenvalue weighted by molar-refractivity contribution is 7.92. The van der Waals surface area contributed by atoms with Crippen molar-refractivity contribution in [3.05, 3.63) is 87.9 Å². The molecule has 0 saturated carbocycles. The van der Waals surface area contributed by atoms with E-state index in [0.717, 1.165) is 16.1 Å². The molecule has 0 spiro atoms. The molecule has 0 aliphatic carbocycles. The first-order chi connectivity index (χ1) is 20.4. The number of hydrogen-bond acceptors (Lipinski definition) is 6. The third kappa shape index (κ3) is 9.01. The number of rotatable bonds is 14. The largest absolute Gasteiger partial charge is 0.497 e. The molecule has 43 heavy (non-hydrogen) atoms. The summed E-state index contributed by atoms with van der Waals surface area (Å²) in [5.74, 6) is -0.451. The molecule has 9 nitrogen and oxygen atoms in total. The van der Waals surface area contributed by atoms with Crippen molar-refractivity contribution in [1.82, 2.24) is 10.2 Å². The summed E-state index contributed by atoms with van der Waals surface area (Å²) in [6, 6.07) is 17.7. The van der Waals surface area contributed by atoms with Gasteiger partial charge in [-0.2, -0.15) is 0 Å². The molecule has 0 aliphatic heterocycles. The normalized spacial score (nSPS) is 12.6. The number of carbonyl (C=O) groups is 2. The summed E-state index contributed by atoms with van der Waals surface area (Å²) in [4.78, 5) is 29.5. The van der Waals surface area contributed by atoms with Gasteiger partial charge in [-0.05, 0) is 43.2 Å². The van der Waals surface area contributed by atoms with Gasteiger partial charge >= 0.3 is 0 Å². The van der Waals surface area contributed by atoms with Gasteiger partial charge < -0.3 is 19.7 Å². The van der Waals surface area contributed by atoms with Crippen LogP contribution in [0.5, 0.6) is 11.5 Å². The highest BCUT2D eigenvalue weighted by Gasteiger charge is 2.35. The topological polar surface area (TPSA) is 105 Å². The van der Waals surface area contributed by atoms with Gasteiger partial charge in [-0.1, -0.05) is 66.5 Å². The standard InChI is InChI=1S/C31H37Cl2N3O6S/c1-6-21(2)34-31(38)28(17-22-11-8-7-9-12-22)35(19-24-25(32)13-10-14-26(24)33)30(37)20-36(43(5,39)40)27-18-23(41-3)15-16-29(27)42-4/h7-16,18,21,28H,6,17,19-20H2,1-5H3,(H,34,38)/t21-,28+/m1/s1. The molecule has 0 bridgehead atoms. The number of amides is 2. The van der Waals surface area contributed by atoms with Crippen LogP contribution in [0.1, 0.15) is 31.4 Å². The zero-order valence-electron chi connectivity index (χ0n) is 24.8. The fourth-order valence-electron chi connectivity index (χ4n) is 4.44. The highest BCUT2D eigenvalue weighted by atomic mass is 35.5. The molecule has 3 rings (SSSR count). The van der Waals surface area contributed by atoms with Gasteiger partial charge in [-0.3, -0.25) is 13.9 Å². The van der Waals surface area contributed by atoms with Crippen molar-refractivity contribution < 1.29 is 27.5 Å². The van der Waals surface area contributed by atoms with Crippen LogP contribution in [0.15, 0.2) is 66.7 Å². The maximum atomic E-state index is 14.3. The average molecular weight is 651 g/mol. The SMILES string of the molecule is CC[C@@H](C)NC(=O)[C@H](Cc1ccccc1)N(Cc1c(Cl)cccc1Cl)C(=O)CN(c1cc(OC)ccc1OC)S(C)(=O)=O. The van der Waals surface area contributed by atoms with E-state index in [1.54, 1.807) is 30.3 Å². The second kappa shape index (κ2) is 15.3. The average Bonchev–Trinajstić information content (AvgIpc) is 2.98. The van der Waals surface area contributed by atoms with Crippen molar-refractivity contribution >= 4 is 50.7 Å². The van der Waals surface area contributed by atoms with E-state index in [4.69, 9.17) is 32.7 Å². The molecule has 0 heterocycles. The summed E-state index contributed by atoms with van der Waals surface area (Å²) in [6.07, 6.45) is 1.83. The first kappa shape index (κ1) is 34.0. The number of hydrogen-bond donors (Lipinski definition) is 1. The molecule has 0 aromatic heterocycles. The van der Waals surface area contributed by atoms with Crippen molar-refractivity contribution in [3.8, 4) is 11.5 Å². The van der Waals surface area contributed by atoms with E-state index in [-0.39, 0.29) is 36.4 Å². The molecule has 2 amide bonds. The van der Waals surface area contributed by atoms with Gasteiger partial charge in [0.25, 0.3) is 0 Å². The molecule has 232 valence electrons. The zero-order valence-corrected chi connectivity index (χ0v) is 27.2. The van der Waals surface area contributed by atoms with Crippen LogP contribution < -0.4 is 19.1 Å². The Balaban J connectivity index is 2.16. The fourth-order valence-corrected chi connectivity index (χ4v) is 5.80. The minimum atomic E-state index is -4.02. The summed E-state index contributed by atoms with van der Waals surface area (Å²) in [6.45, 7) is 3.03. The molecule has 12 heteroatoms. The lowest BCUT2D eigenvalue weighted by Gasteiger charge is -2.34. The van der Waals surface area contributed by atoms with Crippen molar-refractivity contribution in [2.75, 3.05) is 31.3 Å². The third-order valence-electron chi connectivity index (χ3n) is 7.00. The van der Waals surface area contributed by atoms with E-state index in [1.165, 1.54) is 25.2 Å². The van der Waals surface area contributed by atoms with Crippen LogP contribution in [0.4, 0.5) is 5.69 Å². The van der Waals surface area contributed by atoms with E-state index in [0.29, 0.717) is 27.8 Å². The minimum absolute atomic E-state index is 0.108. The molecule has 0 radical (unpaired) electrons. The third-order valence-corrected chi connectivity index (χ3v) is 8.83. The molecular formula is C31H37Cl2N3O6S. The number of nitrogens with one attached hydrogen (secondary N) is 1. The number of halogens is 2. The molecule has 1 N–H and O–H groups in total. The van der Waals surface area contributed by atoms with Crippen LogP contribution in [-0.2, 0) is 32.6 Å². The Kier molecular flexibility index (Phi) is 12.1. The Morgan fingerprint density at radius 1 is 0.953 bits per heavy atom. The van der Waals surface area contributed by atoms with Crippen LogP contribution in [0.25, 0.3) is 0 Å². The Morgan fingerprint density at radius 3 is 2.16 bits per heavy atom. The summed E-state index contributed by atoms with van der Waals surface area (Å²) >= 11 is 13.0. The van der Waals surface area contributed by atoms with Gasteiger partial charge in [-0.15, -0.1) is 0 Å². The lowest BCUT2D eigenvalue weighted by Crippen LogP contribution is -2.54. The lowest BCUT2D eigenvalue weighted by molar-refractivity contribution is -0.140. The number of methoxy groups -OCH3 is 2. The van der Waals surface area contributed by atoms with Gasteiger partial charge in [0.1, 0.15) is 24.1 Å². The van der Waals surface area contributed by atoms with E-state index in [2.05, 4.69) is 5.32 Å². The van der Waals surface area contributed by atoms with Crippen LogP contribution in [0.3, 0.4) is 0 Å². The van der Waals surface area contributed by atoms with Crippen molar-refractivity contribution in [2.24, 2.45) is 0 Å². The number of carbonyl (C=O) groups excluding carboxylic acids is 2. The Hall–Kier alpha value is -3.47. The van der Waals surface area contributed by atoms with E-state index < -0.39 is 28.5 Å². The molecule has 0 fully saturated rings. The number of nitrogens with zero attached hydrogens (tertiary/aromatic N) is 2. The number of benzene rings is 3. The van der Waals surface area contributed by atoms with E-state index in [9.17, 15) is 18.0 Å². The van der Waals surface area contributed by atoms with Gasteiger partial charge in [0.15, 0.2) is 0 Å². The van der Waals surface area contributed by atoms with Crippen LogP contribution in [-0.4, -0.2) is 64.2 Å². The molecule has 3 aromatic rings. The van der Waals surface area contributed by atoms with Gasteiger partial charge in [0.05, 0.1) is 26.2 Å². The smallest absolute Gasteiger partial charge is 0.244 e. The van der Waals surface area contributed by atoms with Gasteiger partial charge in [0.2, 0.25) is 21.8 Å². The highest BCUT2D eigenvalue weighted by Crippen LogP contribution is 2.34. The predicted octanol–water partition coefficient (Wildman–Crippen LogP) is 5.33. The Labute approximate surface area is 263 Å². The molecule has 2 atom stereocenters. The number of sulfonamides is 1. The maximum absolute atomic E-state index is 14.3.